The fourth-order valence-electron chi connectivity index (χ4n) is 2.98. The van der Waals surface area contributed by atoms with Gasteiger partial charge in [-0.15, -0.1) is 0 Å². The Morgan fingerprint density at radius 1 is 1.47 bits per heavy atom. The quantitative estimate of drug-likeness (QED) is 0.921. The minimum Gasteiger partial charge on any atom is -0.367 e. The Balaban J connectivity index is 2.18. The van der Waals surface area contributed by atoms with E-state index < -0.39 is 0 Å². The SMILES string of the molecule is CCn1c(C2(C)CCCO2)nc2cc(CN)ccc21. The number of hydrogen-bond donors (Lipinski definition) is 1. The minimum absolute atomic E-state index is 0.238. The van der Waals surface area contributed by atoms with Gasteiger partial charge in [-0.2, -0.15) is 0 Å². The van der Waals surface area contributed by atoms with Gasteiger partial charge in [0.15, 0.2) is 0 Å². The highest BCUT2D eigenvalue weighted by Crippen LogP contribution is 2.36. The first-order valence-electron chi connectivity index (χ1n) is 7.01. The maximum absolute atomic E-state index is 5.95. The second kappa shape index (κ2) is 4.62. The van der Waals surface area contributed by atoms with Crippen LogP contribution < -0.4 is 5.73 Å². The number of benzene rings is 1. The fraction of sp³-hybridized carbons (Fsp3) is 0.533. The van der Waals surface area contributed by atoms with Gasteiger partial charge in [0, 0.05) is 19.7 Å². The van der Waals surface area contributed by atoms with Crippen molar-refractivity contribution in [2.24, 2.45) is 5.73 Å². The molecule has 1 aromatic heterocycles. The molecule has 1 aliphatic rings. The van der Waals surface area contributed by atoms with Crippen molar-refractivity contribution in [3.63, 3.8) is 0 Å². The van der Waals surface area contributed by atoms with Crippen molar-refractivity contribution >= 4 is 11.0 Å². The Labute approximate surface area is 113 Å². The second-order valence-corrected chi connectivity index (χ2v) is 5.39. The smallest absolute Gasteiger partial charge is 0.141 e. The molecule has 1 saturated heterocycles. The van der Waals surface area contributed by atoms with Crippen LogP contribution in [0.2, 0.25) is 0 Å². The van der Waals surface area contributed by atoms with E-state index in [1.807, 2.05) is 0 Å². The lowest BCUT2D eigenvalue weighted by atomic mass is 10.0. The third-order valence-corrected chi connectivity index (χ3v) is 4.06. The summed E-state index contributed by atoms with van der Waals surface area (Å²) in [4.78, 5) is 4.83. The van der Waals surface area contributed by atoms with E-state index >= 15 is 0 Å². The molecule has 0 aliphatic carbocycles. The van der Waals surface area contributed by atoms with E-state index in [1.54, 1.807) is 0 Å². The number of hydrogen-bond acceptors (Lipinski definition) is 3. The lowest BCUT2D eigenvalue weighted by Crippen LogP contribution is -2.25. The van der Waals surface area contributed by atoms with Gasteiger partial charge in [0.05, 0.1) is 11.0 Å². The molecule has 0 radical (unpaired) electrons. The molecule has 1 atom stereocenters. The summed E-state index contributed by atoms with van der Waals surface area (Å²) in [5, 5.41) is 0. The summed E-state index contributed by atoms with van der Waals surface area (Å²) in [6.45, 7) is 6.60. The fourth-order valence-corrected chi connectivity index (χ4v) is 2.98. The van der Waals surface area contributed by atoms with Crippen molar-refractivity contribution in [3.05, 3.63) is 29.6 Å². The summed E-state index contributed by atoms with van der Waals surface area (Å²) in [6.07, 6.45) is 2.15. The average Bonchev–Trinajstić information content (AvgIpc) is 3.02. The third-order valence-electron chi connectivity index (χ3n) is 4.06. The summed E-state index contributed by atoms with van der Waals surface area (Å²) in [7, 11) is 0. The van der Waals surface area contributed by atoms with Gasteiger partial charge in [-0.3, -0.25) is 0 Å². The Kier molecular flexibility index (Phi) is 3.07. The number of fused-ring (bicyclic) bond motifs is 1. The molecule has 0 amide bonds. The summed E-state index contributed by atoms with van der Waals surface area (Å²) in [5.74, 6) is 1.05. The van der Waals surface area contributed by atoms with Gasteiger partial charge in [-0.1, -0.05) is 6.07 Å². The number of rotatable bonds is 3. The van der Waals surface area contributed by atoms with Crippen LogP contribution in [-0.2, 0) is 23.4 Å². The molecule has 0 saturated carbocycles. The normalized spacial score (nSPS) is 23.3. The highest BCUT2D eigenvalue weighted by atomic mass is 16.5. The van der Waals surface area contributed by atoms with Gasteiger partial charge in [-0.05, 0) is 44.4 Å². The van der Waals surface area contributed by atoms with E-state index in [4.69, 9.17) is 15.5 Å². The standard InChI is InChI=1S/C15H21N3O/c1-3-18-13-6-5-11(10-16)9-12(13)17-14(18)15(2)7-4-8-19-15/h5-6,9H,3-4,7-8,10,16H2,1-2H3. The largest absolute Gasteiger partial charge is 0.367 e. The van der Waals surface area contributed by atoms with Crippen molar-refractivity contribution < 1.29 is 4.74 Å². The average molecular weight is 259 g/mol. The summed E-state index contributed by atoms with van der Waals surface area (Å²) in [6, 6.07) is 6.29. The highest BCUT2D eigenvalue weighted by molar-refractivity contribution is 5.77. The van der Waals surface area contributed by atoms with E-state index in [0.29, 0.717) is 6.54 Å². The van der Waals surface area contributed by atoms with Gasteiger partial charge in [-0.25, -0.2) is 4.98 Å². The molecule has 1 unspecified atom stereocenters. The van der Waals surface area contributed by atoms with E-state index in [9.17, 15) is 0 Å². The Morgan fingerprint density at radius 3 is 2.95 bits per heavy atom. The van der Waals surface area contributed by atoms with Crippen LogP contribution in [-0.4, -0.2) is 16.2 Å². The van der Waals surface area contributed by atoms with Crippen molar-refractivity contribution in [2.75, 3.05) is 6.61 Å². The van der Waals surface area contributed by atoms with Crippen LogP contribution in [0.1, 0.15) is 38.1 Å². The van der Waals surface area contributed by atoms with Crippen LogP contribution in [0.25, 0.3) is 11.0 Å². The number of ether oxygens (including phenoxy) is 1. The van der Waals surface area contributed by atoms with Crippen molar-refractivity contribution in [1.29, 1.82) is 0 Å². The molecule has 2 aromatic rings. The van der Waals surface area contributed by atoms with Crippen LogP contribution >= 0.6 is 0 Å². The number of imidazole rings is 1. The predicted molar refractivity (Wildman–Crippen MR) is 75.8 cm³/mol. The molecule has 102 valence electrons. The maximum atomic E-state index is 5.95. The molecule has 3 rings (SSSR count). The molecule has 19 heavy (non-hydrogen) atoms. The Bertz CT molecular complexity index is 597. The van der Waals surface area contributed by atoms with E-state index in [1.165, 1.54) is 5.52 Å². The van der Waals surface area contributed by atoms with Crippen molar-refractivity contribution in [1.82, 2.24) is 9.55 Å². The van der Waals surface area contributed by atoms with Gasteiger partial charge in [0.1, 0.15) is 11.4 Å². The number of aryl methyl sites for hydroxylation is 1. The molecular formula is C15H21N3O. The molecule has 4 heteroatoms. The zero-order valence-electron chi connectivity index (χ0n) is 11.6. The Morgan fingerprint density at radius 2 is 2.32 bits per heavy atom. The van der Waals surface area contributed by atoms with Gasteiger partial charge in [0.2, 0.25) is 0 Å². The van der Waals surface area contributed by atoms with Crippen molar-refractivity contribution in [3.8, 4) is 0 Å². The number of nitrogens with zero attached hydrogens (tertiary/aromatic N) is 2. The first kappa shape index (κ1) is 12.6. The monoisotopic (exact) mass is 259 g/mol. The summed E-state index contributed by atoms with van der Waals surface area (Å²) < 4.78 is 8.21. The lowest BCUT2D eigenvalue weighted by Gasteiger charge is -2.23. The van der Waals surface area contributed by atoms with Crippen LogP contribution in [0.4, 0.5) is 0 Å². The first-order valence-corrected chi connectivity index (χ1v) is 7.01. The molecule has 0 bridgehead atoms. The van der Waals surface area contributed by atoms with Crippen LogP contribution in [0.3, 0.4) is 0 Å². The molecule has 1 fully saturated rings. The molecule has 0 spiro atoms. The van der Waals surface area contributed by atoms with Crippen LogP contribution in [0.15, 0.2) is 18.2 Å². The molecule has 2 N–H and O–H groups in total. The van der Waals surface area contributed by atoms with E-state index in [-0.39, 0.29) is 5.60 Å². The molecule has 1 aliphatic heterocycles. The van der Waals surface area contributed by atoms with Crippen LogP contribution in [0.5, 0.6) is 0 Å². The first-order chi connectivity index (χ1) is 9.18. The zero-order chi connectivity index (χ0) is 13.5. The molecular weight excluding hydrogens is 238 g/mol. The van der Waals surface area contributed by atoms with E-state index in [0.717, 1.165) is 42.9 Å². The number of nitrogens with two attached hydrogens (primary N) is 1. The van der Waals surface area contributed by atoms with Gasteiger partial charge < -0.3 is 15.0 Å². The van der Waals surface area contributed by atoms with Gasteiger partial charge in [0.25, 0.3) is 0 Å². The molecule has 1 aromatic carbocycles. The van der Waals surface area contributed by atoms with Gasteiger partial charge >= 0.3 is 0 Å². The topological polar surface area (TPSA) is 53.1 Å². The highest BCUT2D eigenvalue weighted by Gasteiger charge is 2.36. The van der Waals surface area contributed by atoms with Crippen LogP contribution in [0, 0.1) is 0 Å². The van der Waals surface area contributed by atoms with Crippen molar-refractivity contribution in [2.45, 2.75) is 45.4 Å². The lowest BCUT2D eigenvalue weighted by molar-refractivity contribution is 0.00703. The Hall–Kier alpha value is -1.39. The summed E-state index contributed by atoms with van der Waals surface area (Å²) >= 11 is 0. The minimum atomic E-state index is -0.238. The zero-order valence-corrected chi connectivity index (χ0v) is 11.6. The number of aromatic nitrogens is 2. The van der Waals surface area contributed by atoms with E-state index in [2.05, 4.69) is 36.6 Å². The predicted octanol–water partition coefficient (Wildman–Crippen LogP) is 2.54. The molecule has 2 heterocycles. The molecule has 4 nitrogen and oxygen atoms in total. The third kappa shape index (κ3) is 1.95. The maximum Gasteiger partial charge on any atom is 0.141 e. The summed E-state index contributed by atoms with van der Waals surface area (Å²) in [5.41, 5.74) is 8.79. The second-order valence-electron chi connectivity index (χ2n) is 5.39.